The Morgan fingerprint density at radius 3 is 2.86 bits per heavy atom. The summed E-state index contributed by atoms with van der Waals surface area (Å²) in [6.07, 6.45) is 0.442. The fraction of sp³-hybridized carbons (Fsp3) is 0.333. The van der Waals surface area contributed by atoms with E-state index in [1.54, 1.807) is 0 Å². The van der Waals surface area contributed by atoms with Crippen molar-refractivity contribution in [3.05, 3.63) is 35.5 Å². The molecule has 0 bridgehead atoms. The Balaban J connectivity index is 2.40. The SMILES string of the molecule is Cc1cc2ccc(CC(C)O)cc2[nH]1. The smallest absolute Gasteiger partial charge is 0.0552 e. The molecule has 0 aliphatic carbocycles. The number of aryl methyl sites for hydroxylation is 1. The number of aliphatic hydroxyl groups excluding tert-OH is 1. The van der Waals surface area contributed by atoms with Crippen LogP contribution in [-0.2, 0) is 6.42 Å². The summed E-state index contributed by atoms with van der Waals surface area (Å²) in [6.45, 7) is 3.86. The highest BCUT2D eigenvalue weighted by Crippen LogP contribution is 2.17. The van der Waals surface area contributed by atoms with Gasteiger partial charge in [0.15, 0.2) is 0 Å². The Morgan fingerprint density at radius 2 is 2.14 bits per heavy atom. The lowest BCUT2D eigenvalue weighted by Gasteiger charge is -2.03. The van der Waals surface area contributed by atoms with Crippen molar-refractivity contribution in [2.24, 2.45) is 0 Å². The summed E-state index contributed by atoms with van der Waals surface area (Å²) in [6, 6.07) is 8.40. The molecule has 0 aliphatic heterocycles. The van der Waals surface area contributed by atoms with E-state index in [9.17, 15) is 5.11 Å². The molecule has 2 N–H and O–H groups in total. The maximum atomic E-state index is 9.27. The minimum atomic E-state index is -0.275. The Kier molecular flexibility index (Phi) is 2.30. The number of fused-ring (bicyclic) bond motifs is 1. The maximum Gasteiger partial charge on any atom is 0.0552 e. The van der Waals surface area contributed by atoms with E-state index < -0.39 is 0 Å². The van der Waals surface area contributed by atoms with Gasteiger partial charge in [0.05, 0.1) is 6.10 Å². The molecular formula is C12H15NO. The van der Waals surface area contributed by atoms with E-state index in [4.69, 9.17) is 0 Å². The average Bonchev–Trinajstić information content (AvgIpc) is 2.42. The molecule has 0 fully saturated rings. The number of hydrogen-bond acceptors (Lipinski definition) is 1. The van der Waals surface area contributed by atoms with E-state index in [2.05, 4.69) is 29.2 Å². The van der Waals surface area contributed by atoms with Crippen LogP contribution in [0.25, 0.3) is 10.9 Å². The molecule has 2 nitrogen and oxygen atoms in total. The lowest BCUT2D eigenvalue weighted by molar-refractivity contribution is 0.195. The molecule has 2 rings (SSSR count). The van der Waals surface area contributed by atoms with Gasteiger partial charge in [-0.15, -0.1) is 0 Å². The van der Waals surface area contributed by atoms with Gasteiger partial charge >= 0.3 is 0 Å². The highest BCUT2D eigenvalue weighted by Gasteiger charge is 2.01. The quantitative estimate of drug-likeness (QED) is 0.747. The molecule has 74 valence electrons. The zero-order chi connectivity index (χ0) is 10.1. The second-order valence-electron chi connectivity index (χ2n) is 3.93. The number of benzene rings is 1. The van der Waals surface area contributed by atoms with Gasteiger partial charge in [-0.2, -0.15) is 0 Å². The Morgan fingerprint density at radius 1 is 1.36 bits per heavy atom. The second-order valence-corrected chi connectivity index (χ2v) is 3.93. The molecular weight excluding hydrogens is 174 g/mol. The summed E-state index contributed by atoms with van der Waals surface area (Å²) in [5.74, 6) is 0. The largest absolute Gasteiger partial charge is 0.393 e. The normalized spacial score (nSPS) is 13.4. The molecule has 1 heterocycles. The summed E-state index contributed by atoms with van der Waals surface area (Å²) in [7, 11) is 0. The first kappa shape index (κ1) is 9.28. The van der Waals surface area contributed by atoms with Crippen LogP contribution in [0.1, 0.15) is 18.2 Å². The molecule has 0 spiro atoms. The molecule has 0 amide bonds. The molecule has 2 heteroatoms. The summed E-state index contributed by atoms with van der Waals surface area (Å²) >= 11 is 0. The summed E-state index contributed by atoms with van der Waals surface area (Å²) in [4.78, 5) is 3.29. The van der Waals surface area contributed by atoms with Crippen molar-refractivity contribution in [1.29, 1.82) is 0 Å². The third-order valence-electron chi connectivity index (χ3n) is 2.35. The average molecular weight is 189 g/mol. The van der Waals surface area contributed by atoms with Crippen LogP contribution >= 0.6 is 0 Å². The van der Waals surface area contributed by atoms with Gasteiger partial charge in [0.1, 0.15) is 0 Å². The minimum absolute atomic E-state index is 0.275. The van der Waals surface area contributed by atoms with Gasteiger partial charge < -0.3 is 10.1 Å². The minimum Gasteiger partial charge on any atom is -0.393 e. The lowest BCUT2D eigenvalue weighted by atomic mass is 10.1. The maximum absolute atomic E-state index is 9.27. The third kappa shape index (κ3) is 1.80. The predicted molar refractivity (Wildman–Crippen MR) is 58.4 cm³/mol. The van der Waals surface area contributed by atoms with Crippen molar-refractivity contribution in [1.82, 2.24) is 4.98 Å². The summed E-state index contributed by atoms with van der Waals surface area (Å²) < 4.78 is 0. The van der Waals surface area contributed by atoms with Gasteiger partial charge in [0.25, 0.3) is 0 Å². The zero-order valence-electron chi connectivity index (χ0n) is 8.54. The van der Waals surface area contributed by atoms with Crippen LogP contribution in [0.4, 0.5) is 0 Å². The predicted octanol–water partition coefficient (Wildman–Crippen LogP) is 2.40. The fourth-order valence-corrected chi connectivity index (χ4v) is 1.79. The highest BCUT2D eigenvalue weighted by atomic mass is 16.3. The van der Waals surface area contributed by atoms with Gasteiger partial charge in [-0.3, -0.25) is 0 Å². The second kappa shape index (κ2) is 3.46. The van der Waals surface area contributed by atoms with Crippen molar-refractivity contribution >= 4 is 10.9 Å². The molecule has 14 heavy (non-hydrogen) atoms. The van der Waals surface area contributed by atoms with Crippen LogP contribution in [0.5, 0.6) is 0 Å². The number of aromatic nitrogens is 1. The summed E-state index contributed by atoms with van der Waals surface area (Å²) in [5, 5.41) is 10.5. The molecule has 1 aromatic heterocycles. The van der Waals surface area contributed by atoms with Crippen molar-refractivity contribution in [2.45, 2.75) is 26.4 Å². The van der Waals surface area contributed by atoms with Gasteiger partial charge in [-0.05, 0) is 43.4 Å². The van der Waals surface area contributed by atoms with Gasteiger partial charge in [-0.25, -0.2) is 0 Å². The number of aliphatic hydroxyl groups is 1. The zero-order valence-corrected chi connectivity index (χ0v) is 8.54. The number of aromatic amines is 1. The monoisotopic (exact) mass is 189 g/mol. The van der Waals surface area contributed by atoms with E-state index in [-0.39, 0.29) is 6.10 Å². The Bertz CT molecular complexity index is 443. The third-order valence-corrected chi connectivity index (χ3v) is 2.35. The van der Waals surface area contributed by atoms with Crippen LogP contribution in [0, 0.1) is 6.92 Å². The number of hydrogen-bond donors (Lipinski definition) is 2. The van der Waals surface area contributed by atoms with Gasteiger partial charge in [0.2, 0.25) is 0 Å². The number of nitrogens with one attached hydrogen (secondary N) is 1. The van der Waals surface area contributed by atoms with Gasteiger partial charge in [-0.1, -0.05) is 12.1 Å². The van der Waals surface area contributed by atoms with Crippen molar-refractivity contribution in [2.75, 3.05) is 0 Å². The van der Waals surface area contributed by atoms with Crippen LogP contribution in [0.2, 0.25) is 0 Å². The summed E-state index contributed by atoms with van der Waals surface area (Å²) in [5.41, 5.74) is 3.50. The van der Waals surface area contributed by atoms with Crippen molar-refractivity contribution in [3.63, 3.8) is 0 Å². The van der Waals surface area contributed by atoms with E-state index >= 15 is 0 Å². The highest BCUT2D eigenvalue weighted by molar-refractivity contribution is 5.80. The number of rotatable bonds is 2. The van der Waals surface area contributed by atoms with Crippen molar-refractivity contribution < 1.29 is 5.11 Å². The first-order valence-electron chi connectivity index (χ1n) is 4.91. The van der Waals surface area contributed by atoms with Crippen LogP contribution in [0.15, 0.2) is 24.3 Å². The Labute approximate surface area is 83.6 Å². The van der Waals surface area contributed by atoms with Crippen molar-refractivity contribution in [3.8, 4) is 0 Å². The molecule has 1 unspecified atom stereocenters. The van der Waals surface area contributed by atoms with E-state index in [0.29, 0.717) is 6.42 Å². The topological polar surface area (TPSA) is 36.0 Å². The van der Waals surface area contributed by atoms with E-state index in [1.807, 2.05) is 13.8 Å². The molecule has 0 saturated carbocycles. The molecule has 2 aromatic rings. The molecule has 0 aliphatic rings. The van der Waals surface area contributed by atoms with E-state index in [1.165, 1.54) is 16.6 Å². The van der Waals surface area contributed by atoms with Crippen LogP contribution in [-0.4, -0.2) is 16.2 Å². The van der Waals surface area contributed by atoms with Gasteiger partial charge in [0, 0.05) is 11.2 Å². The van der Waals surface area contributed by atoms with E-state index in [0.717, 1.165) is 5.52 Å². The molecule has 0 radical (unpaired) electrons. The lowest BCUT2D eigenvalue weighted by Crippen LogP contribution is -2.03. The Hall–Kier alpha value is -1.28. The molecule has 1 atom stereocenters. The molecule has 1 aromatic carbocycles. The molecule has 0 saturated heterocycles. The van der Waals surface area contributed by atoms with Crippen LogP contribution in [0.3, 0.4) is 0 Å². The first-order chi connectivity index (χ1) is 6.65. The first-order valence-corrected chi connectivity index (χ1v) is 4.91. The van der Waals surface area contributed by atoms with Crippen LogP contribution < -0.4 is 0 Å². The standard InChI is InChI=1S/C12H15NO/c1-8-5-11-4-3-10(6-9(2)14)7-12(11)13-8/h3-5,7,9,13-14H,6H2,1-2H3. The fourth-order valence-electron chi connectivity index (χ4n) is 1.79. The number of H-pyrrole nitrogens is 1.